The summed E-state index contributed by atoms with van der Waals surface area (Å²) in [5, 5.41) is 6.05. The molecule has 1 aliphatic carbocycles. The highest BCUT2D eigenvalue weighted by Gasteiger charge is 2.26. The second kappa shape index (κ2) is 9.21. The van der Waals surface area contributed by atoms with Gasteiger partial charge in [0.25, 0.3) is 5.91 Å². The van der Waals surface area contributed by atoms with Gasteiger partial charge in [-0.25, -0.2) is 9.97 Å². The Kier molecular flexibility index (Phi) is 5.56. The van der Waals surface area contributed by atoms with E-state index in [1.165, 1.54) is 23.3 Å². The fraction of sp³-hybridized carbons (Fsp3) is 0.129. The maximum absolute atomic E-state index is 13.9. The molecule has 6 aromatic rings. The molecule has 0 aliphatic heterocycles. The lowest BCUT2D eigenvalue weighted by molar-refractivity contribution is 0.102. The Hall–Kier alpha value is -3.87. The number of aryl methyl sites for hydroxylation is 1. The molecule has 0 saturated heterocycles. The van der Waals surface area contributed by atoms with E-state index < -0.39 is 0 Å². The van der Waals surface area contributed by atoms with Gasteiger partial charge < -0.3 is 5.32 Å². The van der Waals surface area contributed by atoms with Crippen LogP contribution in [0.5, 0.6) is 0 Å². The fourth-order valence-corrected chi connectivity index (χ4v) is 7.54. The predicted molar refractivity (Wildman–Crippen MR) is 155 cm³/mol. The van der Waals surface area contributed by atoms with Crippen molar-refractivity contribution in [3.63, 3.8) is 0 Å². The van der Waals surface area contributed by atoms with Crippen LogP contribution in [-0.2, 0) is 12.8 Å². The number of nitrogens with zero attached hydrogens (tertiary/aromatic N) is 2. The zero-order chi connectivity index (χ0) is 24.8. The maximum atomic E-state index is 13.9. The van der Waals surface area contributed by atoms with E-state index in [1.54, 1.807) is 22.7 Å². The van der Waals surface area contributed by atoms with Gasteiger partial charge in [0.05, 0.1) is 27.0 Å². The van der Waals surface area contributed by atoms with Crippen LogP contribution in [0.1, 0.15) is 33.6 Å². The van der Waals surface area contributed by atoms with Gasteiger partial charge in [-0.2, -0.15) is 0 Å². The minimum absolute atomic E-state index is 0.114. The van der Waals surface area contributed by atoms with Crippen molar-refractivity contribution in [2.75, 3.05) is 5.32 Å². The minimum atomic E-state index is -0.114. The molecule has 3 aromatic heterocycles. The number of benzene rings is 3. The third kappa shape index (κ3) is 4.02. The molecule has 4 nitrogen and oxygen atoms in total. The molecule has 1 amide bonds. The number of carbonyl (C=O) groups is 1. The van der Waals surface area contributed by atoms with Crippen LogP contribution in [0.15, 0.2) is 84.9 Å². The van der Waals surface area contributed by atoms with Crippen molar-refractivity contribution in [2.24, 2.45) is 0 Å². The third-order valence-corrected chi connectivity index (χ3v) is 9.20. The number of pyridine rings is 1. The Balaban J connectivity index is 1.35. The standard InChI is InChI=1S/C31H23N3OS2/c35-29(22-18-25(19-10-2-1-3-11-19)32-23-14-6-4-12-20(22)23)34-31-28(21-13-5-8-16-26(21)36-31)30-33-24-15-7-9-17-27(24)37-30/h1-4,6-7,9-12,14-15,17-18H,5,8,13,16H2,(H,34,35). The number of carbonyl (C=O) groups excluding carboxylic acids is 1. The van der Waals surface area contributed by atoms with Crippen LogP contribution >= 0.6 is 22.7 Å². The number of aromatic nitrogens is 2. The minimum Gasteiger partial charge on any atom is -0.313 e. The van der Waals surface area contributed by atoms with Crippen LogP contribution < -0.4 is 5.32 Å². The van der Waals surface area contributed by atoms with E-state index in [0.29, 0.717) is 5.56 Å². The van der Waals surface area contributed by atoms with E-state index in [9.17, 15) is 4.79 Å². The van der Waals surface area contributed by atoms with E-state index in [4.69, 9.17) is 9.97 Å². The highest BCUT2D eigenvalue weighted by Crippen LogP contribution is 2.46. The van der Waals surface area contributed by atoms with Crippen molar-refractivity contribution >= 4 is 54.7 Å². The number of fused-ring (bicyclic) bond motifs is 3. The van der Waals surface area contributed by atoms with Crippen LogP contribution in [0.4, 0.5) is 5.00 Å². The molecule has 180 valence electrons. The lowest BCUT2D eigenvalue weighted by Crippen LogP contribution is -2.13. The molecule has 0 fully saturated rings. The van der Waals surface area contributed by atoms with Crippen LogP contribution in [0.2, 0.25) is 0 Å². The molecule has 0 unspecified atom stereocenters. The Labute approximate surface area is 222 Å². The van der Waals surface area contributed by atoms with Gasteiger partial charge in [0.15, 0.2) is 0 Å². The van der Waals surface area contributed by atoms with E-state index in [2.05, 4.69) is 23.5 Å². The predicted octanol–water partition coefficient (Wildman–Crippen LogP) is 8.37. The first-order valence-corrected chi connectivity index (χ1v) is 14.1. The summed E-state index contributed by atoms with van der Waals surface area (Å²) < 4.78 is 1.16. The number of nitrogens with one attached hydrogen (secondary N) is 1. The van der Waals surface area contributed by atoms with Gasteiger partial charge in [0.2, 0.25) is 0 Å². The molecule has 0 bridgehead atoms. The fourth-order valence-electron chi connectivity index (χ4n) is 5.15. The molecule has 0 radical (unpaired) electrons. The number of hydrogen-bond acceptors (Lipinski definition) is 5. The summed E-state index contributed by atoms with van der Waals surface area (Å²) in [6, 6.07) is 28.0. The SMILES string of the molecule is O=C(Nc1sc2c(c1-c1nc3ccccc3s1)CCCC2)c1cc(-c2ccccc2)nc2ccccc12. The second-order valence-electron chi connectivity index (χ2n) is 9.29. The Morgan fingerprint density at radius 3 is 2.41 bits per heavy atom. The van der Waals surface area contributed by atoms with Crippen molar-refractivity contribution in [1.82, 2.24) is 9.97 Å². The molecule has 0 spiro atoms. The summed E-state index contributed by atoms with van der Waals surface area (Å²) in [4.78, 5) is 25.1. The summed E-state index contributed by atoms with van der Waals surface area (Å²) in [6.07, 6.45) is 4.45. The molecule has 3 heterocycles. The summed E-state index contributed by atoms with van der Waals surface area (Å²) in [5.74, 6) is -0.114. The van der Waals surface area contributed by atoms with Crippen molar-refractivity contribution in [3.05, 3.63) is 101 Å². The summed E-state index contributed by atoms with van der Waals surface area (Å²) >= 11 is 3.42. The van der Waals surface area contributed by atoms with Gasteiger partial charge in [-0.1, -0.05) is 60.7 Å². The number of amides is 1. The molecular weight excluding hydrogens is 494 g/mol. The Morgan fingerprint density at radius 2 is 1.54 bits per heavy atom. The number of anilines is 1. The van der Waals surface area contributed by atoms with E-state index in [-0.39, 0.29) is 5.91 Å². The highest BCUT2D eigenvalue weighted by atomic mass is 32.1. The summed E-state index contributed by atoms with van der Waals surface area (Å²) in [6.45, 7) is 0. The van der Waals surface area contributed by atoms with E-state index in [1.807, 2.05) is 66.7 Å². The average Bonchev–Trinajstić information content (AvgIpc) is 3.53. The number of hydrogen-bond donors (Lipinski definition) is 1. The molecular formula is C31H23N3OS2. The average molecular weight is 518 g/mol. The second-order valence-corrected chi connectivity index (χ2v) is 11.4. The van der Waals surface area contributed by atoms with Crippen LogP contribution in [0.3, 0.4) is 0 Å². The number of thiophene rings is 1. The molecule has 0 atom stereocenters. The van der Waals surface area contributed by atoms with Gasteiger partial charge in [0.1, 0.15) is 10.0 Å². The van der Waals surface area contributed by atoms with Gasteiger partial charge in [0, 0.05) is 21.4 Å². The normalized spacial score (nSPS) is 13.1. The van der Waals surface area contributed by atoms with Gasteiger partial charge in [-0.05, 0) is 55.5 Å². The molecule has 7 rings (SSSR count). The molecule has 0 saturated carbocycles. The number of thiazole rings is 1. The summed E-state index contributed by atoms with van der Waals surface area (Å²) in [5.41, 5.74) is 6.69. The van der Waals surface area contributed by atoms with Gasteiger partial charge >= 0.3 is 0 Å². The van der Waals surface area contributed by atoms with Crippen molar-refractivity contribution in [1.29, 1.82) is 0 Å². The van der Waals surface area contributed by atoms with Crippen molar-refractivity contribution < 1.29 is 4.79 Å². The molecule has 6 heteroatoms. The topological polar surface area (TPSA) is 54.9 Å². The first-order chi connectivity index (χ1) is 18.2. The van der Waals surface area contributed by atoms with E-state index in [0.717, 1.165) is 60.8 Å². The first kappa shape index (κ1) is 22.3. The summed E-state index contributed by atoms with van der Waals surface area (Å²) in [7, 11) is 0. The highest BCUT2D eigenvalue weighted by molar-refractivity contribution is 7.23. The zero-order valence-corrected chi connectivity index (χ0v) is 21.7. The lowest BCUT2D eigenvalue weighted by Gasteiger charge is -2.12. The largest absolute Gasteiger partial charge is 0.313 e. The van der Waals surface area contributed by atoms with Crippen LogP contribution in [0, 0.1) is 0 Å². The monoisotopic (exact) mass is 517 g/mol. The third-order valence-electron chi connectivity index (χ3n) is 6.94. The molecule has 1 aliphatic rings. The maximum Gasteiger partial charge on any atom is 0.257 e. The molecule has 1 N–H and O–H groups in total. The quantitative estimate of drug-likeness (QED) is 0.256. The smallest absolute Gasteiger partial charge is 0.257 e. The number of rotatable bonds is 4. The van der Waals surface area contributed by atoms with Crippen LogP contribution in [-0.4, -0.2) is 15.9 Å². The number of para-hydroxylation sites is 2. The molecule has 37 heavy (non-hydrogen) atoms. The van der Waals surface area contributed by atoms with E-state index >= 15 is 0 Å². The Morgan fingerprint density at radius 1 is 0.784 bits per heavy atom. The van der Waals surface area contributed by atoms with Crippen molar-refractivity contribution in [3.8, 4) is 21.8 Å². The van der Waals surface area contributed by atoms with Gasteiger partial charge in [-0.3, -0.25) is 4.79 Å². The lowest BCUT2D eigenvalue weighted by atomic mass is 9.95. The first-order valence-electron chi connectivity index (χ1n) is 12.5. The Bertz CT molecular complexity index is 1750. The zero-order valence-electron chi connectivity index (χ0n) is 20.0. The van der Waals surface area contributed by atoms with Crippen LogP contribution in [0.25, 0.3) is 42.9 Å². The van der Waals surface area contributed by atoms with Crippen molar-refractivity contribution in [2.45, 2.75) is 25.7 Å². The van der Waals surface area contributed by atoms with Gasteiger partial charge in [-0.15, -0.1) is 22.7 Å². The molecule has 3 aromatic carbocycles.